The Morgan fingerprint density at radius 2 is 2.00 bits per heavy atom. The number of amides is 1. The predicted molar refractivity (Wildman–Crippen MR) is 99.8 cm³/mol. The molecule has 1 aromatic carbocycles. The van der Waals surface area contributed by atoms with Gasteiger partial charge in [0.25, 0.3) is 5.91 Å². The lowest BCUT2D eigenvalue weighted by atomic mass is 10.1. The van der Waals surface area contributed by atoms with E-state index in [9.17, 15) is 13.2 Å². The second-order valence-electron chi connectivity index (χ2n) is 6.63. The van der Waals surface area contributed by atoms with Crippen LogP contribution in [0.15, 0.2) is 54.7 Å². The van der Waals surface area contributed by atoms with Gasteiger partial charge >= 0.3 is 0 Å². The zero-order chi connectivity index (χ0) is 18.3. The van der Waals surface area contributed by atoms with Gasteiger partial charge in [0.2, 0.25) is 0 Å². The number of fused-ring (bicyclic) bond motifs is 1. The van der Waals surface area contributed by atoms with Gasteiger partial charge < -0.3 is 4.90 Å². The summed E-state index contributed by atoms with van der Waals surface area (Å²) in [4.78, 5) is 14.4. The van der Waals surface area contributed by atoms with Crippen molar-refractivity contribution in [3.8, 4) is 11.3 Å². The van der Waals surface area contributed by atoms with Gasteiger partial charge in [0.15, 0.2) is 9.84 Å². The lowest BCUT2D eigenvalue weighted by Gasteiger charge is -2.23. The van der Waals surface area contributed by atoms with Gasteiger partial charge in [-0.3, -0.25) is 4.79 Å². The highest BCUT2D eigenvalue weighted by Crippen LogP contribution is 2.23. The molecule has 0 radical (unpaired) electrons. The smallest absolute Gasteiger partial charge is 0.253 e. The van der Waals surface area contributed by atoms with Gasteiger partial charge in [-0.1, -0.05) is 18.2 Å². The van der Waals surface area contributed by atoms with Crippen molar-refractivity contribution in [2.75, 3.05) is 18.6 Å². The van der Waals surface area contributed by atoms with Crippen LogP contribution in [0.4, 0.5) is 0 Å². The molecule has 0 bridgehead atoms. The fraction of sp³-hybridized carbons (Fsp3) is 0.263. The molecule has 0 aliphatic carbocycles. The highest BCUT2D eigenvalue weighted by Gasteiger charge is 2.33. The molecule has 0 unspecified atom stereocenters. The van der Waals surface area contributed by atoms with E-state index < -0.39 is 9.84 Å². The van der Waals surface area contributed by atoms with Crippen LogP contribution in [0.25, 0.3) is 16.8 Å². The summed E-state index contributed by atoms with van der Waals surface area (Å²) in [5.41, 5.74) is 3.30. The number of carbonyl (C=O) groups excluding carboxylic acids is 1. The quantitative estimate of drug-likeness (QED) is 0.710. The Bertz CT molecular complexity index is 1090. The summed E-state index contributed by atoms with van der Waals surface area (Å²) in [6.45, 7) is 0. The fourth-order valence-corrected chi connectivity index (χ4v) is 5.20. The molecule has 26 heavy (non-hydrogen) atoms. The first kappa shape index (κ1) is 16.8. The molecular formula is C19H19N3O3S. The molecule has 4 rings (SSSR count). The summed E-state index contributed by atoms with van der Waals surface area (Å²) in [6.07, 6.45) is 2.24. The molecular weight excluding hydrogens is 350 g/mol. The maximum atomic E-state index is 12.8. The Hall–Kier alpha value is -2.67. The van der Waals surface area contributed by atoms with Crippen LogP contribution < -0.4 is 0 Å². The Kier molecular flexibility index (Phi) is 4.03. The number of nitrogens with zero attached hydrogens (tertiary/aromatic N) is 3. The summed E-state index contributed by atoms with van der Waals surface area (Å²) in [6, 6.07) is 14.9. The minimum atomic E-state index is -3.03. The fourth-order valence-electron chi connectivity index (χ4n) is 3.43. The van der Waals surface area contributed by atoms with E-state index in [0.717, 1.165) is 16.8 Å². The SMILES string of the molecule is CN(C(=O)c1cccc(-c2cccc3ccnn23)c1)[C@H]1CCS(=O)(=O)C1. The standard InChI is InChI=1S/C19H19N3O3S/c1-21(17-9-11-26(24,25)13-17)19(23)15-5-2-4-14(12-15)18-7-3-6-16-8-10-20-22(16)18/h2-8,10,12,17H,9,11,13H2,1H3/t17-/m0/s1. The molecule has 134 valence electrons. The summed E-state index contributed by atoms with van der Waals surface area (Å²) in [7, 11) is -1.36. The molecule has 0 spiro atoms. The van der Waals surface area contributed by atoms with Crippen LogP contribution in [-0.4, -0.2) is 53.4 Å². The zero-order valence-electron chi connectivity index (χ0n) is 14.4. The van der Waals surface area contributed by atoms with Gasteiger partial charge in [-0.05, 0) is 36.8 Å². The summed E-state index contributed by atoms with van der Waals surface area (Å²) >= 11 is 0. The number of hydrogen-bond acceptors (Lipinski definition) is 4. The van der Waals surface area contributed by atoms with Crippen molar-refractivity contribution in [2.24, 2.45) is 0 Å². The average molecular weight is 369 g/mol. The van der Waals surface area contributed by atoms with Gasteiger partial charge in [-0.25, -0.2) is 12.9 Å². The second kappa shape index (κ2) is 6.25. The third-order valence-corrected chi connectivity index (χ3v) is 6.65. The summed E-state index contributed by atoms with van der Waals surface area (Å²) in [5, 5.41) is 4.34. The lowest BCUT2D eigenvalue weighted by molar-refractivity contribution is 0.0747. The molecule has 3 aromatic rings. The first-order valence-electron chi connectivity index (χ1n) is 8.45. The maximum Gasteiger partial charge on any atom is 0.253 e. The third kappa shape index (κ3) is 2.99. The van der Waals surface area contributed by atoms with Crippen molar-refractivity contribution in [2.45, 2.75) is 12.5 Å². The first-order chi connectivity index (χ1) is 12.4. The van der Waals surface area contributed by atoms with E-state index in [2.05, 4.69) is 5.10 Å². The van der Waals surface area contributed by atoms with Crippen molar-refractivity contribution in [3.63, 3.8) is 0 Å². The number of rotatable bonds is 3. The van der Waals surface area contributed by atoms with E-state index in [0.29, 0.717) is 12.0 Å². The van der Waals surface area contributed by atoms with E-state index in [1.54, 1.807) is 24.2 Å². The summed E-state index contributed by atoms with van der Waals surface area (Å²) in [5.74, 6) is 0.0274. The molecule has 0 saturated carbocycles. The van der Waals surface area contributed by atoms with Crippen LogP contribution in [0, 0.1) is 0 Å². The predicted octanol–water partition coefficient (Wildman–Crippen LogP) is 2.26. The first-order valence-corrected chi connectivity index (χ1v) is 10.3. The van der Waals surface area contributed by atoms with Gasteiger partial charge in [0.05, 0.1) is 28.9 Å². The van der Waals surface area contributed by atoms with Crippen molar-refractivity contribution in [1.82, 2.24) is 14.5 Å². The Morgan fingerprint density at radius 3 is 2.77 bits per heavy atom. The van der Waals surface area contributed by atoms with E-state index in [1.807, 2.05) is 47.0 Å². The maximum absolute atomic E-state index is 12.8. The number of pyridine rings is 1. The minimum Gasteiger partial charge on any atom is -0.338 e. The van der Waals surface area contributed by atoms with Gasteiger partial charge in [0, 0.05) is 24.2 Å². The van der Waals surface area contributed by atoms with E-state index in [-0.39, 0.29) is 23.5 Å². The molecule has 1 aliphatic rings. The normalized spacial score (nSPS) is 18.9. The van der Waals surface area contributed by atoms with Crippen molar-refractivity contribution < 1.29 is 13.2 Å². The number of sulfone groups is 1. The Labute approximate surface area is 152 Å². The Balaban J connectivity index is 1.66. The van der Waals surface area contributed by atoms with Crippen molar-refractivity contribution in [3.05, 3.63) is 60.3 Å². The molecule has 1 aliphatic heterocycles. The lowest BCUT2D eigenvalue weighted by Crippen LogP contribution is -2.37. The largest absolute Gasteiger partial charge is 0.338 e. The molecule has 7 heteroatoms. The molecule has 2 aromatic heterocycles. The minimum absolute atomic E-state index is 0.0432. The van der Waals surface area contributed by atoms with Crippen LogP contribution in [-0.2, 0) is 9.84 Å². The van der Waals surface area contributed by atoms with Crippen molar-refractivity contribution >= 4 is 21.3 Å². The molecule has 1 atom stereocenters. The number of carbonyl (C=O) groups is 1. The van der Waals surface area contributed by atoms with E-state index in [4.69, 9.17) is 0 Å². The number of aromatic nitrogens is 2. The van der Waals surface area contributed by atoms with Gasteiger partial charge in [-0.2, -0.15) is 5.10 Å². The highest BCUT2D eigenvalue weighted by molar-refractivity contribution is 7.91. The van der Waals surface area contributed by atoms with Crippen LogP contribution >= 0.6 is 0 Å². The molecule has 3 heterocycles. The van der Waals surface area contributed by atoms with E-state index >= 15 is 0 Å². The number of benzene rings is 1. The topological polar surface area (TPSA) is 71.8 Å². The van der Waals surface area contributed by atoms with Crippen LogP contribution in [0.3, 0.4) is 0 Å². The van der Waals surface area contributed by atoms with Crippen LogP contribution in [0.2, 0.25) is 0 Å². The molecule has 0 N–H and O–H groups in total. The third-order valence-electron chi connectivity index (χ3n) is 4.90. The van der Waals surface area contributed by atoms with Crippen LogP contribution in [0.5, 0.6) is 0 Å². The van der Waals surface area contributed by atoms with Gasteiger partial charge in [0.1, 0.15) is 0 Å². The van der Waals surface area contributed by atoms with Gasteiger partial charge in [-0.15, -0.1) is 0 Å². The second-order valence-corrected chi connectivity index (χ2v) is 8.86. The monoisotopic (exact) mass is 369 g/mol. The zero-order valence-corrected chi connectivity index (χ0v) is 15.2. The molecule has 1 fully saturated rings. The summed E-state index contributed by atoms with van der Waals surface area (Å²) < 4.78 is 25.2. The Morgan fingerprint density at radius 1 is 1.19 bits per heavy atom. The van der Waals surface area contributed by atoms with Crippen molar-refractivity contribution in [1.29, 1.82) is 0 Å². The van der Waals surface area contributed by atoms with E-state index in [1.165, 1.54) is 0 Å². The molecule has 6 nitrogen and oxygen atoms in total. The molecule has 1 amide bonds. The highest BCUT2D eigenvalue weighted by atomic mass is 32.2. The average Bonchev–Trinajstić information content (AvgIpc) is 3.26. The molecule has 1 saturated heterocycles. The number of hydrogen-bond donors (Lipinski definition) is 0. The van der Waals surface area contributed by atoms with Crippen LogP contribution in [0.1, 0.15) is 16.8 Å².